The number of pyridine rings is 1. The first-order valence-electron chi connectivity index (χ1n) is 10.3. The number of carbonyl (C=O) groups is 1. The fraction of sp³-hybridized carbons (Fsp3) is 0.200. The fourth-order valence-electron chi connectivity index (χ4n) is 3.17. The van der Waals surface area contributed by atoms with E-state index in [1.165, 1.54) is 6.07 Å². The summed E-state index contributed by atoms with van der Waals surface area (Å²) in [6, 6.07) is 17.5. The summed E-state index contributed by atoms with van der Waals surface area (Å²) in [4.78, 5) is 30.9. The van der Waals surface area contributed by atoms with Gasteiger partial charge in [-0.1, -0.05) is 25.1 Å². The molecule has 0 spiro atoms. The predicted octanol–water partition coefficient (Wildman–Crippen LogP) is 3.95. The van der Waals surface area contributed by atoms with Crippen molar-refractivity contribution in [2.24, 2.45) is 0 Å². The van der Waals surface area contributed by atoms with Crippen LogP contribution in [0, 0.1) is 6.92 Å². The third kappa shape index (κ3) is 5.78. The second kappa shape index (κ2) is 10.9. The largest absolute Gasteiger partial charge is 0.506 e. The Bertz CT molecular complexity index is 1250. The van der Waals surface area contributed by atoms with Gasteiger partial charge in [0.15, 0.2) is 0 Å². The van der Waals surface area contributed by atoms with E-state index >= 15 is 0 Å². The van der Waals surface area contributed by atoms with Gasteiger partial charge in [-0.3, -0.25) is 19.1 Å². The Kier molecular flexibility index (Phi) is 7.70. The molecule has 0 aliphatic carbocycles. The number of hydrogen-bond acceptors (Lipinski definition) is 6. The molecule has 0 fully saturated rings. The van der Waals surface area contributed by atoms with Crippen LogP contribution in [0.15, 0.2) is 71.7 Å². The van der Waals surface area contributed by atoms with Gasteiger partial charge < -0.3 is 9.84 Å². The number of ether oxygens (including phenoxy) is 1. The normalized spacial score (nSPS) is 10.3. The van der Waals surface area contributed by atoms with E-state index in [4.69, 9.17) is 4.74 Å². The minimum Gasteiger partial charge on any atom is -0.506 e. The van der Waals surface area contributed by atoms with Crippen LogP contribution in [-0.2, 0) is 13.0 Å². The zero-order valence-corrected chi connectivity index (χ0v) is 18.1. The van der Waals surface area contributed by atoms with E-state index in [0.29, 0.717) is 36.4 Å². The highest BCUT2D eigenvalue weighted by Gasteiger charge is 2.05. The van der Waals surface area contributed by atoms with Crippen molar-refractivity contribution in [1.29, 1.82) is 0 Å². The number of aromatic nitrogens is 3. The number of aldehydes is 1. The first-order chi connectivity index (χ1) is 15.5. The van der Waals surface area contributed by atoms with Crippen LogP contribution in [0.4, 0.5) is 0 Å². The molecule has 164 valence electrons. The topological polar surface area (TPSA) is 94.3 Å². The number of benzene rings is 2. The monoisotopic (exact) mass is 431 g/mol. The van der Waals surface area contributed by atoms with Gasteiger partial charge in [0.2, 0.25) is 0 Å². The van der Waals surface area contributed by atoms with E-state index < -0.39 is 0 Å². The minimum absolute atomic E-state index is 0.0562. The standard InChI is InChI=1S/C16H18N2O3.C9H7NO/c1-3-15-17-12(2)10-16(20)18(15)8-9-21-14-6-4-13(11-19)5-7-14;11-8-5-1-3-7-4-2-6-10-9(7)8/h4-7,10-11H,3,8-9H2,1-2H3;1-6,11H. The highest BCUT2D eigenvalue weighted by Crippen LogP contribution is 2.20. The van der Waals surface area contributed by atoms with E-state index in [-0.39, 0.29) is 11.3 Å². The SMILES string of the molecule is CCc1nc(C)cc(=O)n1CCOc1ccc(C=O)cc1.Oc1cccc2cccnc12. The lowest BCUT2D eigenvalue weighted by atomic mass is 10.2. The molecule has 0 unspecified atom stereocenters. The highest BCUT2D eigenvalue weighted by atomic mass is 16.5. The summed E-state index contributed by atoms with van der Waals surface area (Å²) in [5, 5.41) is 10.3. The highest BCUT2D eigenvalue weighted by molar-refractivity contribution is 5.83. The van der Waals surface area contributed by atoms with Crippen molar-refractivity contribution in [3.05, 3.63) is 94.3 Å². The van der Waals surface area contributed by atoms with E-state index in [1.807, 2.05) is 32.0 Å². The molecule has 2 heterocycles. The van der Waals surface area contributed by atoms with Crippen molar-refractivity contribution >= 4 is 17.2 Å². The Balaban J connectivity index is 0.000000219. The van der Waals surface area contributed by atoms with Crippen LogP contribution in [0.2, 0.25) is 0 Å². The first kappa shape index (κ1) is 22.7. The number of phenols is 1. The van der Waals surface area contributed by atoms with Gasteiger partial charge in [-0.25, -0.2) is 4.98 Å². The van der Waals surface area contributed by atoms with Crippen molar-refractivity contribution in [3.63, 3.8) is 0 Å². The summed E-state index contributed by atoms with van der Waals surface area (Å²) < 4.78 is 7.22. The number of phenolic OH excluding ortho intramolecular Hbond substituents is 1. The van der Waals surface area contributed by atoms with E-state index in [9.17, 15) is 14.7 Å². The molecule has 7 heteroatoms. The van der Waals surface area contributed by atoms with Crippen LogP contribution < -0.4 is 10.3 Å². The van der Waals surface area contributed by atoms with E-state index in [2.05, 4.69) is 9.97 Å². The summed E-state index contributed by atoms with van der Waals surface area (Å²) in [5.74, 6) is 1.68. The average Bonchev–Trinajstić information content (AvgIpc) is 2.81. The Hall–Kier alpha value is -4.00. The van der Waals surface area contributed by atoms with Gasteiger partial charge in [-0.2, -0.15) is 0 Å². The number of aromatic hydroxyl groups is 1. The summed E-state index contributed by atoms with van der Waals surface area (Å²) in [6.45, 7) is 4.61. The maximum atomic E-state index is 12.0. The number of hydrogen-bond donors (Lipinski definition) is 1. The van der Waals surface area contributed by atoms with Crippen LogP contribution in [0.1, 0.15) is 28.8 Å². The van der Waals surface area contributed by atoms with Crippen LogP contribution in [-0.4, -0.2) is 32.5 Å². The Morgan fingerprint density at radius 2 is 1.84 bits per heavy atom. The number of fused-ring (bicyclic) bond motifs is 1. The van der Waals surface area contributed by atoms with Crippen molar-refractivity contribution in [3.8, 4) is 11.5 Å². The number of aryl methyl sites for hydroxylation is 2. The third-order valence-electron chi connectivity index (χ3n) is 4.74. The molecule has 4 rings (SSSR count). The van der Waals surface area contributed by atoms with Crippen LogP contribution >= 0.6 is 0 Å². The van der Waals surface area contributed by atoms with Crippen molar-refractivity contribution in [1.82, 2.24) is 14.5 Å². The maximum Gasteiger partial charge on any atom is 0.253 e. The van der Waals surface area contributed by atoms with Crippen LogP contribution in [0.25, 0.3) is 10.9 Å². The number of rotatable bonds is 6. The van der Waals surface area contributed by atoms with E-state index in [1.54, 1.807) is 47.2 Å². The second-order valence-corrected chi connectivity index (χ2v) is 7.04. The molecule has 0 saturated carbocycles. The molecule has 1 N–H and O–H groups in total. The van der Waals surface area contributed by atoms with Crippen LogP contribution in [0.3, 0.4) is 0 Å². The summed E-state index contributed by atoms with van der Waals surface area (Å²) >= 11 is 0. The molecule has 0 saturated heterocycles. The van der Waals surface area contributed by atoms with Crippen molar-refractivity contribution < 1.29 is 14.6 Å². The van der Waals surface area contributed by atoms with Gasteiger partial charge >= 0.3 is 0 Å². The average molecular weight is 431 g/mol. The molecular weight excluding hydrogens is 406 g/mol. The zero-order valence-electron chi connectivity index (χ0n) is 18.1. The lowest BCUT2D eigenvalue weighted by Gasteiger charge is -2.12. The van der Waals surface area contributed by atoms with Crippen LogP contribution in [0.5, 0.6) is 11.5 Å². The number of nitrogens with zero attached hydrogens (tertiary/aromatic N) is 3. The predicted molar refractivity (Wildman–Crippen MR) is 123 cm³/mol. The van der Waals surface area contributed by atoms with Gasteiger partial charge in [0.05, 0.1) is 6.54 Å². The lowest BCUT2D eigenvalue weighted by Crippen LogP contribution is -2.27. The molecule has 0 radical (unpaired) electrons. The number of carbonyl (C=O) groups excluding carboxylic acids is 1. The second-order valence-electron chi connectivity index (χ2n) is 7.04. The molecule has 0 amide bonds. The molecule has 7 nitrogen and oxygen atoms in total. The van der Waals surface area contributed by atoms with Gasteiger partial charge in [0.1, 0.15) is 35.7 Å². The minimum atomic E-state index is -0.0562. The Morgan fingerprint density at radius 3 is 2.53 bits per heavy atom. The first-order valence-corrected chi connectivity index (χ1v) is 10.3. The molecule has 2 aromatic carbocycles. The van der Waals surface area contributed by atoms with E-state index in [0.717, 1.165) is 23.2 Å². The maximum absolute atomic E-state index is 12.0. The molecular formula is C25H25N3O4. The summed E-state index contributed by atoms with van der Waals surface area (Å²) in [5.41, 5.74) is 1.95. The zero-order chi connectivity index (χ0) is 22.9. The Morgan fingerprint density at radius 1 is 1.09 bits per heavy atom. The quantitative estimate of drug-likeness (QED) is 0.465. The summed E-state index contributed by atoms with van der Waals surface area (Å²) in [7, 11) is 0. The van der Waals surface area contributed by atoms with Gasteiger partial charge in [-0.05, 0) is 43.3 Å². The van der Waals surface area contributed by atoms with Crippen molar-refractivity contribution in [2.75, 3.05) is 6.61 Å². The Labute approximate surface area is 186 Å². The third-order valence-corrected chi connectivity index (χ3v) is 4.74. The molecule has 4 aromatic rings. The molecule has 0 aliphatic heterocycles. The lowest BCUT2D eigenvalue weighted by molar-refractivity contribution is 0.112. The molecule has 32 heavy (non-hydrogen) atoms. The fourth-order valence-corrected chi connectivity index (χ4v) is 3.17. The van der Waals surface area contributed by atoms with Gasteiger partial charge in [-0.15, -0.1) is 0 Å². The van der Waals surface area contributed by atoms with Crippen molar-refractivity contribution in [2.45, 2.75) is 26.8 Å². The number of para-hydroxylation sites is 1. The van der Waals surface area contributed by atoms with Gasteiger partial charge in [0.25, 0.3) is 5.56 Å². The molecule has 2 aromatic heterocycles. The molecule has 0 bridgehead atoms. The van der Waals surface area contributed by atoms with Gasteiger partial charge in [0, 0.05) is 35.3 Å². The smallest absolute Gasteiger partial charge is 0.253 e. The molecule has 0 aliphatic rings. The summed E-state index contributed by atoms with van der Waals surface area (Å²) in [6.07, 6.45) is 3.15. The molecule has 0 atom stereocenters.